The van der Waals surface area contributed by atoms with E-state index < -0.39 is 0 Å². The van der Waals surface area contributed by atoms with Gasteiger partial charge >= 0.3 is 0 Å². The highest BCUT2D eigenvalue weighted by Gasteiger charge is 2.22. The number of rotatable bonds is 9. The average molecular weight is 786 g/mol. The van der Waals surface area contributed by atoms with Gasteiger partial charge < -0.3 is 5.32 Å². The number of ketones is 1. The summed E-state index contributed by atoms with van der Waals surface area (Å²) in [6.07, 6.45) is 9.86. The van der Waals surface area contributed by atoms with Crippen LogP contribution >= 0.6 is 0 Å². The second-order valence-electron chi connectivity index (χ2n) is 11.9. The molecular weight excluding hydrogens is 719 g/mol. The molecule has 0 saturated carbocycles. The summed E-state index contributed by atoms with van der Waals surface area (Å²) >= 11 is 0. The molecule has 0 aliphatic carbocycles. The van der Waals surface area contributed by atoms with Crippen LogP contribution < -0.4 is 5.32 Å². The molecule has 307 valence electrons. The van der Waals surface area contributed by atoms with Gasteiger partial charge in [-0.1, -0.05) is 112 Å². The van der Waals surface area contributed by atoms with Gasteiger partial charge in [-0.2, -0.15) is 10.4 Å². The van der Waals surface area contributed by atoms with Crippen LogP contribution in [0.25, 0.3) is 4.85 Å². The third-order valence-corrected chi connectivity index (χ3v) is 7.74. The lowest BCUT2D eigenvalue weighted by Crippen LogP contribution is -2.44. The molecule has 1 N–H and O–H groups in total. The predicted molar refractivity (Wildman–Crippen MR) is 240 cm³/mol. The number of pyridine rings is 2. The second-order valence-corrected chi connectivity index (χ2v) is 11.9. The quantitative estimate of drug-likeness (QED) is 0.0897. The second kappa shape index (κ2) is 33.3. The minimum absolute atomic E-state index is 0. The number of likely N-dealkylation sites (tertiary alicyclic amines) is 1. The Bertz CT molecular complexity index is 1840. The third-order valence-electron chi connectivity index (χ3n) is 7.74. The molecule has 1 aliphatic rings. The van der Waals surface area contributed by atoms with Gasteiger partial charge in [0.2, 0.25) is 0 Å². The number of Topliss-reactive ketones (excluding diaryl/α,β-unsaturated/α-hetero) is 1. The normalized spacial score (nSPS) is 11.3. The minimum Gasteiger partial charge on any atom is -0.348 e. The van der Waals surface area contributed by atoms with Crippen LogP contribution in [0.1, 0.15) is 127 Å². The van der Waals surface area contributed by atoms with E-state index in [0.717, 1.165) is 38.0 Å². The summed E-state index contributed by atoms with van der Waals surface area (Å²) in [4.78, 5) is 39.4. The predicted octanol–water partition coefficient (Wildman–Crippen LogP) is 10.4. The Morgan fingerprint density at radius 2 is 1.45 bits per heavy atom. The summed E-state index contributed by atoms with van der Waals surface area (Å²) in [5.41, 5.74) is 4.81. The van der Waals surface area contributed by atoms with E-state index in [0.29, 0.717) is 29.1 Å². The Balaban J connectivity index is 0. The third kappa shape index (κ3) is 20.3. The van der Waals surface area contributed by atoms with E-state index in [1.807, 2.05) is 108 Å². The first-order valence-electron chi connectivity index (χ1n) is 20.8. The van der Waals surface area contributed by atoms with Gasteiger partial charge in [-0.3, -0.25) is 29.1 Å². The monoisotopic (exact) mass is 786 g/mol. The standard InChI is InChI=1S/C32H29N7O2.C5H5N.C3H8.3C2H6.CH4.B/c1-34-27-9-6-25(7-10-27)22-39-17-14-29(37-39)18-31(40)26-8-11-30(35-20-26)32(41)36-28-12-15-38(16-13-28)21-24-4-2-23(19-33)3-5-24;1-2-4-6-5-3-1;1-3-2;3*1-2;;/h2-11,14,17,20,28H,12-13,15-16,18,21-22H2,(H,36,41);1-5H;3H2,1-2H3;3*1-2H3;1H4;/i;;;;;;1T;. The van der Waals surface area contributed by atoms with Gasteiger partial charge in [-0.25, -0.2) is 4.85 Å². The van der Waals surface area contributed by atoms with E-state index in [4.69, 9.17) is 13.2 Å². The molecule has 11 heteroatoms. The van der Waals surface area contributed by atoms with Crippen LogP contribution in [-0.2, 0) is 19.5 Å². The first-order valence-corrected chi connectivity index (χ1v) is 19.8. The average Bonchev–Trinajstić information content (AvgIpc) is 3.74. The molecular formula is C47H64BN8O2. The van der Waals surface area contributed by atoms with Crippen molar-refractivity contribution in [2.24, 2.45) is 0 Å². The summed E-state index contributed by atoms with van der Waals surface area (Å²) in [6.45, 7) is 26.4. The smallest absolute Gasteiger partial charge is 0.270 e. The Labute approximate surface area is 352 Å². The molecule has 1 fully saturated rings. The maximum Gasteiger partial charge on any atom is 0.270 e. The summed E-state index contributed by atoms with van der Waals surface area (Å²) in [7, 11) is 1.25. The molecule has 1 aliphatic heterocycles. The van der Waals surface area contributed by atoms with Crippen molar-refractivity contribution < 1.29 is 11.0 Å². The van der Waals surface area contributed by atoms with Gasteiger partial charge in [-0.15, -0.1) is 0 Å². The molecule has 10 nitrogen and oxygen atoms in total. The van der Waals surface area contributed by atoms with Gasteiger partial charge in [0.15, 0.2) is 11.5 Å². The van der Waals surface area contributed by atoms with Crippen LogP contribution in [-0.4, -0.2) is 63.9 Å². The van der Waals surface area contributed by atoms with E-state index in [1.54, 1.807) is 41.3 Å². The molecule has 1 amide bonds. The van der Waals surface area contributed by atoms with Gasteiger partial charge in [0.1, 0.15) is 5.69 Å². The van der Waals surface area contributed by atoms with Gasteiger partial charge in [0.05, 0.1) is 36.9 Å². The summed E-state index contributed by atoms with van der Waals surface area (Å²) in [5, 5.41) is 16.5. The molecule has 6 rings (SSSR count). The number of hydrogen-bond acceptors (Lipinski definition) is 7. The lowest BCUT2D eigenvalue weighted by Gasteiger charge is -2.32. The molecule has 58 heavy (non-hydrogen) atoms. The number of amides is 1. The molecule has 0 spiro atoms. The van der Waals surface area contributed by atoms with E-state index in [1.165, 1.54) is 25.6 Å². The molecule has 3 aromatic heterocycles. The molecule has 5 aromatic rings. The van der Waals surface area contributed by atoms with Gasteiger partial charge in [0, 0.05) is 65.8 Å². The van der Waals surface area contributed by atoms with Crippen molar-refractivity contribution in [3.63, 3.8) is 0 Å². The van der Waals surface area contributed by atoms with Crippen molar-refractivity contribution >= 4 is 25.8 Å². The molecule has 0 atom stereocenters. The number of carbonyl (C=O) groups is 2. The maximum absolute atomic E-state index is 12.8. The van der Waals surface area contributed by atoms with Crippen molar-refractivity contribution in [1.29, 1.82) is 5.26 Å². The number of carbonyl (C=O) groups excluding carboxylic acids is 2. The fourth-order valence-corrected chi connectivity index (χ4v) is 5.16. The zero-order valence-corrected chi connectivity index (χ0v) is 36.2. The van der Waals surface area contributed by atoms with Crippen LogP contribution in [0.4, 0.5) is 5.69 Å². The fourth-order valence-electron chi connectivity index (χ4n) is 5.16. The van der Waals surface area contributed by atoms with Crippen molar-refractivity contribution in [3.05, 3.63) is 155 Å². The van der Waals surface area contributed by atoms with E-state index in [9.17, 15) is 9.59 Å². The van der Waals surface area contributed by atoms with Crippen molar-refractivity contribution in [2.45, 2.75) is 108 Å². The Kier molecular flexibility index (Phi) is 29.9. The van der Waals surface area contributed by atoms with Gasteiger partial charge in [0.25, 0.3) is 5.91 Å². The number of piperidine rings is 1. The summed E-state index contributed by atoms with van der Waals surface area (Å²) in [5.74, 6) is -0.358. The molecule has 0 unspecified atom stereocenters. The number of hydrogen-bond donors (Lipinski definition) is 1. The Morgan fingerprint density at radius 1 is 0.879 bits per heavy atom. The molecule has 1 saturated heterocycles. The zero-order valence-electron chi connectivity index (χ0n) is 37.2. The molecule has 0 bridgehead atoms. The molecule has 3 radical (unpaired) electrons. The number of aromatic nitrogens is 4. The van der Waals surface area contributed by atoms with Crippen LogP contribution in [0.2, 0.25) is 0 Å². The highest BCUT2D eigenvalue weighted by molar-refractivity contribution is 5.98. The van der Waals surface area contributed by atoms with Crippen LogP contribution in [0.3, 0.4) is 0 Å². The highest BCUT2D eigenvalue weighted by Crippen LogP contribution is 2.16. The Morgan fingerprint density at radius 3 is 1.93 bits per heavy atom. The van der Waals surface area contributed by atoms with Crippen LogP contribution in [0, 0.1) is 17.9 Å². The Hall–Kier alpha value is -5.91. The molecule has 2 aromatic carbocycles. The van der Waals surface area contributed by atoms with Crippen molar-refractivity contribution in [3.8, 4) is 6.07 Å². The lowest BCUT2D eigenvalue weighted by molar-refractivity contribution is 0.0902. The van der Waals surface area contributed by atoms with Gasteiger partial charge in [-0.05, 0) is 66.4 Å². The van der Waals surface area contributed by atoms with Crippen molar-refractivity contribution in [2.75, 3.05) is 13.1 Å². The fraction of sp³-hybridized carbons (Fsp3) is 0.383. The maximum atomic E-state index is 12.8. The van der Waals surface area contributed by atoms with E-state index in [2.05, 4.69) is 50.0 Å². The van der Waals surface area contributed by atoms with Crippen LogP contribution in [0.5, 0.6) is 0 Å². The topological polar surface area (TPSA) is 121 Å². The summed E-state index contributed by atoms with van der Waals surface area (Å²) in [6, 6.07) is 28.0. The van der Waals surface area contributed by atoms with Crippen LogP contribution in [0.15, 0.2) is 110 Å². The zero-order chi connectivity index (χ0) is 43.6. The number of nitrogens with zero attached hydrogens (tertiary/aromatic N) is 7. The van der Waals surface area contributed by atoms with Crippen molar-refractivity contribution in [1.82, 2.24) is 30.0 Å². The number of benzene rings is 2. The number of nitriles is 1. The minimum atomic E-state index is -0.238. The van der Waals surface area contributed by atoms with E-state index >= 15 is 0 Å². The first-order chi connectivity index (χ1) is 28.4. The largest absolute Gasteiger partial charge is 0.348 e. The van der Waals surface area contributed by atoms with E-state index in [-0.39, 0.29) is 38.3 Å². The summed E-state index contributed by atoms with van der Waals surface area (Å²) < 4.78 is 7.51. The lowest BCUT2D eigenvalue weighted by atomic mass is 10.0. The SMILES string of the molecule is CC.CC.CC.CCC.[3H]C.[B].[C-]#[N+]c1ccc(Cn2ccc(CC(=O)c3ccc(C(=O)NC4CCN(Cc5ccc(C#N)cc5)CC4)nc3)n2)cc1.c1ccncc1. The molecule has 4 heterocycles. The highest BCUT2D eigenvalue weighted by atomic mass is 16.2. The first kappa shape index (κ1) is 52.1. The number of nitrogens with one attached hydrogen (secondary N) is 1.